The van der Waals surface area contributed by atoms with Gasteiger partial charge in [-0.1, -0.05) is 30.3 Å². The van der Waals surface area contributed by atoms with Crippen molar-refractivity contribution in [3.63, 3.8) is 0 Å². The van der Waals surface area contributed by atoms with E-state index in [-0.39, 0.29) is 6.10 Å². The maximum atomic E-state index is 5.48. The molecule has 2 N–H and O–H groups in total. The molecule has 1 atom stereocenters. The zero-order valence-electron chi connectivity index (χ0n) is 8.07. The molecule has 0 aromatic heterocycles. The molecular formula is C11H17NO. The van der Waals surface area contributed by atoms with Crippen molar-refractivity contribution in [1.82, 2.24) is 0 Å². The smallest absolute Gasteiger partial charge is 0.0623 e. The van der Waals surface area contributed by atoms with Crippen molar-refractivity contribution >= 4 is 0 Å². The van der Waals surface area contributed by atoms with Crippen LogP contribution in [0.25, 0.3) is 0 Å². The highest BCUT2D eigenvalue weighted by Gasteiger charge is 2.06. The highest BCUT2D eigenvalue weighted by Crippen LogP contribution is 2.07. The highest BCUT2D eigenvalue weighted by atomic mass is 16.5. The zero-order valence-corrected chi connectivity index (χ0v) is 8.07. The first kappa shape index (κ1) is 10.2. The van der Waals surface area contributed by atoms with E-state index in [4.69, 9.17) is 10.5 Å². The first-order chi connectivity index (χ1) is 6.36. The van der Waals surface area contributed by atoms with Crippen LogP contribution in [0.15, 0.2) is 30.3 Å². The van der Waals surface area contributed by atoms with Crippen molar-refractivity contribution in [2.24, 2.45) is 5.73 Å². The minimum atomic E-state index is 0.257. The lowest BCUT2D eigenvalue weighted by Gasteiger charge is -2.13. The standard InChI is InChI=1S/C11H17NO/c1-13-11(7-8-12)9-10-5-3-2-4-6-10/h2-6,11H,7-9,12H2,1H3. The first-order valence-corrected chi connectivity index (χ1v) is 4.63. The third-order valence-corrected chi connectivity index (χ3v) is 2.13. The summed E-state index contributed by atoms with van der Waals surface area (Å²) in [5.74, 6) is 0. The van der Waals surface area contributed by atoms with Crippen molar-refractivity contribution in [1.29, 1.82) is 0 Å². The highest BCUT2D eigenvalue weighted by molar-refractivity contribution is 5.15. The van der Waals surface area contributed by atoms with E-state index in [1.807, 2.05) is 18.2 Å². The number of hydrogen-bond acceptors (Lipinski definition) is 2. The van der Waals surface area contributed by atoms with Crippen LogP contribution in [0, 0.1) is 0 Å². The third kappa shape index (κ3) is 3.57. The Labute approximate surface area is 79.7 Å². The van der Waals surface area contributed by atoms with Gasteiger partial charge in [0.2, 0.25) is 0 Å². The van der Waals surface area contributed by atoms with Crippen LogP contribution in [0.1, 0.15) is 12.0 Å². The van der Waals surface area contributed by atoms with Gasteiger partial charge in [-0.15, -0.1) is 0 Å². The molecule has 0 saturated heterocycles. The topological polar surface area (TPSA) is 35.2 Å². The van der Waals surface area contributed by atoms with Crippen molar-refractivity contribution < 1.29 is 4.74 Å². The molecule has 1 aromatic rings. The zero-order chi connectivity index (χ0) is 9.52. The van der Waals surface area contributed by atoms with E-state index < -0.39 is 0 Å². The van der Waals surface area contributed by atoms with Crippen molar-refractivity contribution in [2.45, 2.75) is 18.9 Å². The van der Waals surface area contributed by atoms with Gasteiger partial charge >= 0.3 is 0 Å². The van der Waals surface area contributed by atoms with Gasteiger partial charge in [-0.3, -0.25) is 0 Å². The van der Waals surface area contributed by atoms with E-state index in [0.717, 1.165) is 12.8 Å². The molecule has 0 bridgehead atoms. The van der Waals surface area contributed by atoms with Gasteiger partial charge in [0.25, 0.3) is 0 Å². The Morgan fingerprint density at radius 1 is 1.31 bits per heavy atom. The largest absolute Gasteiger partial charge is 0.381 e. The summed E-state index contributed by atoms with van der Waals surface area (Å²) in [4.78, 5) is 0. The summed E-state index contributed by atoms with van der Waals surface area (Å²) in [6.07, 6.45) is 2.13. The third-order valence-electron chi connectivity index (χ3n) is 2.13. The van der Waals surface area contributed by atoms with Gasteiger partial charge in [-0.05, 0) is 24.9 Å². The van der Waals surface area contributed by atoms with Gasteiger partial charge in [0.1, 0.15) is 0 Å². The van der Waals surface area contributed by atoms with Crippen LogP contribution >= 0.6 is 0 Å². The Morgan fingerprint density at radius 3 is 2.54 bits per heavy atom. The maximum Gasteiger partial charge on any atom is 0.0623 e. The lowest BCUT2D eigenvalue weighted by molar-refractivity contribution is 0.0976. The van der Waals surface area contributed by atoms with Crippen LogP contribution in [-0.4, -0.2) is 19.8 Å². The lowest BCUT2D eigenvalue weighted by atomic mass is 10.1. The van der Waals surface area contributed by atoms with Gasteiger partial charge in [-0.25, -0.2) is 0 Å². The second-order valence-electron chi connectivity index (χ2n) is 3.12. The molecule has 0 radical (unpaired) electrons. The van der Waals surface area contributed by atoms with Gasteiger partial charge in [0.15, 0.2) is 0 Å². The Morgan fingerprint density at radius 2 is 2.00 bits per heavy atom. The number of ether oxygens (including phenoxy) is 1. The summed E-state index contributed by atoms with van der Waals surface area (Å²) in [5.41, 5.74) is 6.79. The summed E-state index contributed by atoms with van der Waals surface area (Å²) in [5, 5.41) is 0. The van der Waals surface area contributed by atoms with Crippen LogP contribution in [0.5, 0.6) is 0 Å². The molecule has 2 heteroatoms. The monoisotopic (exact) mass is 179 g/mol. The fourth-order valence-corrected chi connectivity index (χ4v) is 1.37. The SMILES string of the molecule is COC(CCN)Cc1ccccc1. The van der Waals surface area contributed by atoms with Gasteiger partial charge in [-0.2, -0.15) is 0 Å². The van der Waals surface area contributed by atoms with Crippen molar-refractivity contribution in [3.05, 3.63) is 35.9 Å². The van der Waals surface area contributed by atoms with Crippen LogP contribution < -0.4 is 5.73 Å². The maximum absolute atomic E-state index is 5.48. The molecule has 0 fully saturated rings. The molecule has 0 aliphatic rings. The van der Waals surface area contributed by atoms with Crippen LogP contribution in [-0.2, 0) is 11.2 Å². The molecule has 0 heterocycles. The molecule has 0 spiro atoms. The summed E-state index contributed by atoms with van der Waals surface area (Å²) in [6, 6.07) is 10.3. The average molecular weight is 179 g/mol. The minimum absolute atomic E-state index is 0.257. The molecule has 0 aliphatic heterocycles. The summed E-state index contributed by atoms with van der Waals surface area (Å²) in [6.45, 7) is 0.686. The Hall–Kier alpha value is -0.860. The molecule has 0 amide bonds. The fourth-order valence-electron chi connectivity index (χ4n) is 1.37. The molecule has 1 rings (SSSR count). The number of hydrogen-bond donors (Lipinski definition) is 1. The van der Waals surface area contributed by atoms with E-state index >= 15 is 0 Å². The van der Waals surface area contributed by atoms with Crippen LogP contribution in [0.2, 0.25) is 0 Å². The summed E-state index contributed by atoms with van der Waals surface area (Å²) in [7, 11) is 1.74. The van der Waals surface area contributed by atoms with E-state index in [2.05, 4.69) is 12.1 Å². The number of methoxy groups -OCH3 is 1. The average Bonchev–Trinajstić information content (AvgIpc) is 2.19. The van der Waals surface area contributed by atoms with Gasteiger partial charge < -0.3 is 10.5 Å². The molecule has 0 saturated carbocycles. The second kappa shape index (κ2) is 5.73. The predicted octanol–water partition coefficient (Wildman–Crippen LogP) is 1.59. The molecular weight excluding hydrogens is 162 g/mol. The molecule has 1 unspecified atom stereocenters. The Bertz CT molecular complexity index is 223. The fraction of sp³-hybridized carbons (Fsp3) is 0.455. The van der Waals surface area contributed by atoms with Crippen molar-refractivity contribution in [3.8, 4) is 0 Å². The summed E-state index contributed by atoms with van der Waals surface area (Å²) >= 11 is 0. The van der Waals surface area contributed by atoms with Crippen LogP contribution in [0.3, 0.4) is 0 Å². The van der Waals surface area contributed by atoms with Gasteiger partial charge in [0, 0.05) is 7.11 Å². The molecule has 1 aromatic carbocycles. The molecule has 72 valence electrons. The first-order valence-electron chi connectivity index (χ1n) is 4.63. The molecule has 0 aliphatic carbocycles. The van der Waals surface area contributed by atoms with Crippen LogP contribution in [0.4, 0.5) is 0 Å². The molecule has 2 nitrogen and oxygen atoms in total. The molecule has 13 heavy (non-hydrogen) atoms. The normalized spacial score (nSPS) is 12.8. The Balaban J connectivity index is 2.46. The predicted molar refractivity (Wildman–Crippen MR) is 54.6 cm³/mol. The van der Waals surface area contributed by atoms with E-state index in [1.54, 1.807) is 7.11 Å². The van der Waals surface area contributed by atoms with Crippen molar-refractivity contribution in [2.75, 3.05) is 13.7 Å². The second-order valence-corrected chi connectivity index (χ2v) is 3.12. The quantitative estimate of drug-likeness (QED) is 0.745. The number of nitrogens with two attached hydrogens (primary N) is 1. The number of benzene rings is 1. The lowest BCUT2D eigenvalue weighted by Crippen LogP contribution is -2.18. The van der Waals surface area contributed by atoms with E-state index in [0.29, 0.717) is 6.54 Å². The summed E-state index contributed by atoms with van der Waals surface area (Å²) < 4.78 is 5.31. The van der Waals surface area contributed by atoms with E-state index in [1.165, 1.54) is 5.56 Å². The Kier molecular flexibility index (Phi) is 4.50. The minimum Gasteiger partial charge on any atom is -0.381 e. The van der Waals surface area contributed by atoms with Gasteiger partial charge in [0.05, 0.1) is 6.10 Å². The number of rotatable bonds is 5. The van der Waals surface area contributed by atoms with E-state index in [9.17, 15) is 0 Å².